The van der Waals surface area contributed by atoms with Crippen molar-refractivity contribution in [2.45, 2.75) is 51.5 Å². The summed E-state index contributed by atoms with van der Waals surface area (Å²) in [7, 11) is 0. The van der Waals surface area contributed by atoms with Crippen LogP contribution in [0.15, 0.2) is 30.3 Å². The molecule has 0 spiro atoms. The van der Waals surface area contributed by atoms with E-state index < -0.39 is 36.5 Å². The molecular formula is C17H20O7. The van der Waals surface area contributed by atoms with Crippen LogP contribution in [0, 0.1) is 0 Å². The molecule has 1 aliphatic heterocycles. The Kier molecular flexibility index (Phi) is 6.45. The average molecular weight is 336 g/mol. The number of esters is 2. The predicted octanol–water partition coefficient (Wildman–Crippen LogP) is 1.38. The van der Waals surface area contributed by atoms with Crippen LogP contribution >= 0.6 is 0 Å². The van der Waals surface area contributed by atoms with Gasteiger partial charge in [0.1, 0.15) is 12.4 Å². The van der Waals surface area contributed by atoms with Gasteiger partial charge in [-0.3, -0.25) is 9.59 Å². The smallest absolute Gasteiger partial charge is 0.303 e. The lowest BCUT2D eigenvalue weighted by Gasteiger charge is -2.23. The highest BCUT2D eigenvalue weighted by Gasteiger charge is 2.49. The Balaban J connectivity index is 2.12. The van der Waals surface area contributed by atoms with Crippen molar-refractivity contribution in [1.82, 2.24) is 0 Å². The molecule has 7 heteroatoms. The van der Waals surface area contributed by atoms with Crippen LogP contribution in [0.4, 0.5) is 0 Å². The van der Waals surface area contributed by atoms with Crippen molar-refractivity contribution in [3.8, 4) is 0 Å². The van der Waals surface area contributed by atoms with Crippen LogP contribution in [0.1, 0.15) is 25.8 Å². The van der Waals surface area contributed by atoms with Crippen molar-refractivity contribution in [3.05, 3.63) is 35.9 Å². The quantitative estimate of drug-likeness (QED) is 0.549. The number of carbonyl (C=O) groups is 3. The van der Waals surface area contributed by atoms with Crippen molar-refractivity contribution in [2.75, 3.05) is 0 Å². The Morgan fingerprint density at radius 1 is 1.08 bits per heavy atom. The third-order valence-corrected chi connectivity index (χ3v) is 3.46. The maximum atomic E-state index is 11.4. The zero-order chi connectivity index (χ0) is 17.5. The number of rotatable bonds is 7. The summed E-state index contributed by atoms with van der Waals surface area (Å²) in [5, 5.41) is 0. The molecule has 0 aliphatic carbocycles. The van der Waals surface area contributed by atoms with Crippen LogP contribution in [0.25, 0.3) is 0 Å². The van der Waals surface area contributed by atoms with Crippen LogP contribution in [0.5, 0.6) is 0 Å². The number of aldehydes is 1. The molecule has 1 aliphatic rings. The first-order valence-electron chi connectivity index (χ1n) is 7.60. The van der Waals surface area contributed by atoms with Gasteiger partial charge in [-0.05, 0) is 5.56 Å². The van der Waals surface area contributed by atoms with E-state index in [1.807, 2.05) is 30.3 Å². The number of hydrogen-bond acceptors (Lipinski definition) is 7. The molecular weight excluding hydrogens is 316 g/mol. The molecule has 24 heavy (non-hydrogen) atoms. The van der Waals surface area contributed by atoms with Crippen molar-refractivity contribution in [2.24, 2.45) is 0 Å². The van der Waals surface area contributed by atoms with Crippen molar-refractivity contribution in [1.29, 1.82) is 0 Å². The molecule has 0 radical (unpaired) electrons. The molecule has 1 unspecified atom stereocenters. The highest BCUT2D eigenvalue weighted by molar-refractivity contribution is 5.67. The molecule has 1 saturated heterocycles. The largest absolute Gasteiger partial charge is 0.456 e. The van der Waals surface area contributed by atoms with E-state index in [0.717, 1.165) is 5.56 Å². The van der Waals surface area contributed by atoms with Crippen LogP contribution in [-0.2, 0) is 39.9 Å². The summed E-state index contributed by atoms with van der Waals surface area (Å²) >= 11 is 0. The second-order valence-corrected chi connectivity index (χ2v) is 5.39. The number of hydrogen-bond donors (Lipinski definition) is 0. The molecule has 1 aromatic rings. The van der Waals surface area contributed by atoms with E-state index in [9.17, 15) is 14.4 Å². The van der Waals surface area contributed by atoms with Gasteiger partial charge in [-0.25, -0.2) is 0 Å². The van der Waals surface area contributed by atoms with Gasteiger partial charge in [0.2, 0.25) is 0 Å². The lowest BCUT2D eigenvalue weighted by atomic mass is 10.1. The Hall–Kier alpha value is -2.25. The van der Waals surface area contributed by atoms with E-state index in [4.69, 9.17) is 18.9 Å². The Labute approximate surface area is 139 Å². The summed E-state index contributed by atoms with van der Waals surface area (Å²) in [6, 6.07) is 9.38. The molecule has 7 nitrogen and oxygen atoms in total. The van der Waals surface area contributed by atoms with Gasteiger partial charge in [0.25, 0.3) is 0 Å². The number of ether oxygens (including phenoxy) is 4. The highest BCUT2D eigenvalue weighted by Crippen LogP contribution is 2.30. The third-order valence-electron chi connectivity index (χ3n) is 3.46. The number of carbonyl (C=O) groups excluding carboxylic acids is 3. The summed E-state index contributed by atoms with van der Waals surface area (Å²) in [4.78, 5) is 33.5. The van der Waals surface area contributed by atoms with Gasteiger partial charge in [0.05, 0.1) is 6.61 Å². The Bertz CT molecular complexity index is 572. The normalized spacial score (nSPS) is 25.9. The Morgan fingerprint density at radius 2 is 1.71 bits per heavy atom. The van der Waals surface area contributed by atoms with Gasteiger partial charge in [-0.1, -0.05) is 30.3 Å². The first kappa shape index (κ1) is 18.1. The maximum absolute atomic E-state index is 11.4. The van der Waals surface area contributed by atoms with E-state index in [2.05, 4.69) is 0 Å². The summed E-state index contributed by atoms with van der Waals surface area (Å²) in [6.45, 7) is 2.71. The first-order valence-corrected chi connectivity index (χ1v) is 7.60. The summed E-state index contributed by atoms with van der Waals surface area (Å²) in [5.41, 5.74) is 0.908. The van der Waals surface area contributed by atoms with Gasteiger partial charge in [0, 0.05) is 20.3 Å². The molecule has 0 bridgehead atoms. The predicted molar refractivity (Wildman–Crippen MR) is 81.7 cm³/mol. The van der Waals surface area contributed by atoms with E-state index in [0.29, 0.717) is 6.29 Å². The van der Waals surface area contributed by atoms with E-state index in [1.54, 1.807) is 0 Å². The molecule has 1 aromatic carbocycles. The van der Waals surface area contributed by atoms with E-state index in [-0.39, 0.29) is 13.0 Å². The third kappa shape index (κ3) is 4.87. The van der Waals surface area contributed by atoms with Crippen LogP contribution in [0.2, 0.25) is 0 Å². The lowest BCUT2D eigenvalue weighted by molar-refractivity contribution is -0.191. The fourth-order valence-corrected chi connectivity index (χ4v) is 2.51. The van der Waals surface area contributed by atoms with Crippen molar-refractivity contribution < 1.29 is 33.3 Å². The molecule has 0 saturated carbocycles. The summed E-state index contributed by atoms with van der Waals surface area (Å²) < 4.78 is 21.7. The van der Waals surface area contributed by atoms with Gasteiger partial charge in [-0.15, -0.1) is 0 Å². The minimum atomic E-state index is -0.930. The molecule has 0 amide bonds. The highest BCUT2D eigenvalue weighted by atomic mass is 16.7. The van der Waals surface area contributed by atoms with Gasteiger partial charge >= 0.3 is 11.9 Å². The fourth-order valence-electron chi connectivity index (χ4n) is 2.51. The van der Waals surface area contributed by atoms with Gasteiger partial charge in [0.15, 0.2) is 18.5 Å². The molecule has 1 fully saturated rings. The van der Waals surface area contributed by atoms with Crippen molar-refractivity contribution >= 4 is 18.2 Å². The molecule has 4 atom stereocenters. The molecule has 0 N–H and O–H groups in total. The van der Waals surface area contributed by atoms with E-state index >= 15 is 0 Å². The minimum Gasteiger partial charge on any atom is -0.456 e. The second-order valence-electron chi connectivity index (χ2n) is 5.39. The number of benzene rings is 1. The fraction of sp³-hybridized carbons (Fsp3) is 0.471. The zero-order valence-corrected chi connectivity index (χ0v) is 13.5. The topological polar surface area (TPSA) is 88.1 Å². The average Bonchev–Trinajstić information content (AvgIpc) is 2.83. The monoisotopic (exact) mass is 336 g/mol. The first-order chi connectivity index (χ1) is 11.5. The zero-order valence-electron chi connectivity index (χ0n) is 13.5. The SMILES string of the molecule is CC(=O)O[C@@H]1[C@H](CC=O)OC(OCc2ccccc2)[C@H]1OC(C)=O. The Morgan fingerprint density at radius 3 is 2.29 bits per heavy atom. The molecule has 0 aromatic heterocycles. The summed E-state index contributed by atoms with van der Waals surface area (Å²) in [6.07, 6.45) is -2.82. The minimum absolute atomic E-state index is 0.000901. The van der Waals surface area contributed by atoms with Crippen LogP contribution in [-0.4, -0.2) is 42.8 Å². The van der Waals surface area contributed by atoms with Gasteiger partial charge < -0.3 is 23.7 Å². The van der Waals surface area contributed by atoms with Crippen LogP contribution in [0.3, 0.4) is 0 Å². The summed E-state index contributed by atoms with van der Waals surface area (Å²) in [5.74, 6) is -1.11. The van der Waals surface area contributed by atoms with Crippen molar-refractivity contribution in [3.63, 3.8) is 0 Å². The van der Waals surface area contributed by atoms with E-state index in [1.165, 1.54) is 13.8 Å². The standard InChI is InChI=1S/C17H20O7/c1-11(19)22-15-14(8-9-18)24-17(16(15)23-12(2)20)21-10-13-6-4-3-5-7-13/h3-7,9,14-17H,8,10H2,1-2H3/t14-,15+,16-,17?/m0/s1. The maximum Gasteiger partial charge on any atom is 0.303 e. The molecule has 1 heterocycles. The molecule has 2 rings (SSSR count). The lowest BCUT2D eigenvalue weighted by Crippen LogP contribution is -2.40. The van der Waals surface area contributed by atoms with Gasteiger partial charge in [-0.2, -0.15) is 0 Å². The van der Waals surface area contributed by atoms with Crippen LogP contribution < -0.4 is 0 Å². The second kappa shape index (κ2) is 8.56. The molecule has 130 valence electrons.